The molecule has 1 aromatic carbocycles. The van der Waals surface area contributed by atoms with Crippen LogP contribution in [0.15, 0.2) is 61.6 Å². The van der Waals surface area contributed by atoms with Gasteiger partial charge in [0.25, 0.3) is 0 Å². The molecule has 9 heteroatoms. The van der Waals surface area contributed by atoms with E-state index in [1.807, 2.05) is 37.5 Å². The Kier molecular flexibility index (Phi) is 8.23. The minimum Gasteiger partial charge on any atom is -0.375 e. The highest BCUT2D eigenvalue weighted by Gasteiger charge is 2.17. The first-order valence-electron chi connectivity index (χ1n) is 11.5. The highest BCUT2D eigenvalue weighted by atomic mass is 32.1. The van der Waals surface area contributed by atoms with E-state index in [1.165, 1.54) is 11.3 Å². The standard InChI is InChI=1S/C13H18FN3.C13H12N4S/c1-2-12-3-5-15-13(11-12)17-9-7-16(6-4-14)8-10-17;1-15-12-5-10-4-8(2-3-9(10)6-16-12)11-7-17-13(14)18-11/h2-3,5,11H,1,4,6-10H2;2-7H,1H3,(H2,14,17)(H,15,16). The number of aromatic nitrogens is 3. The molecule has 0 radical (unpaired) electrons. The van der Waals surface area contributed by atoms with Crippen LogP contribution < -0.4 is 16.0 Å². The molecular formula is C26H30FN7S. The van der Waals surface area contributed by atoms with Gasteiger partial charge in [-0.3, -0.25) is 4.90 Å². The van der Waals surface area contributed by atoms with Gasteiger partial charge in [0.05, 0.1) is 4.88 Å². The molecule has 0 amide bonds. The van der Waals surface area contributed by atoms with Gasteiger partial charge in [-0.15, -0.1) is 0 Å². The summed E-state index contributed by atoms with van der Waals surface area (Å²) >= 11 is 1.49. The number of nitrogens with one attached hydrogen (secondary N) is 1. The summed E-state index contributed by atoms with van der Waals surface area (Å²) in [4.78, 5) is 18.2. The molecule has 35 heavy (non-hydrogen) atoms. The summed E-state index contributed by atoms with van der Waals surface area (Å²) in [6.07, 6.45) is 7.30. The monoisotopic (exact) mass is 491 g/mol. The second-order valence-electron chi connectivity index (χ2n) is 8.11. The van der Waals surface area contributed by atoms with Crippen molar-refractivity contribution in [3.63, 3.8) is 0 Å². The molecule has 1 saturated heterocycles. The smallest absolute Gasteiger partial charge is 0.180 e. The molecule has 0 saturated carbocycles. The molecule has 3 aromatic heterocycles. The summed E-state index contributed by atoms with van der Waals surface area (Å²) < 4.78 is 12.2. The molecule has 0 spiro atoms. The summed E-state index contributed by atoms with van der Waals surface area (Å²) in [6, 6.07) is 12.3. The molecule has 7 nitrogen and oxygen atoms in total. The summed E-state index contributed by atoms with van der Waals surface area (Å²) in [6.45, 7) is 7.68. The van der Waals surface area contributed by atoms with E-state index in [1.54, 1.807) is 12.4 Å². The zero-order chi connectivity index (χ0) is 24.6. The summed E-state index contributed by atoms with van der Waals surface area (Å²) in [5, 5.41) is 5.91. The Hall–Kier alpha value is -3.56. The number of benzene rings is 1. The van der Waals surface area contributed by atoms with Crippen LogP contribution in [0.25, 0.3) is 27.3 Å². The summed E-state index contributed by atoms with van der Waals surface area (Å²) in [5.74, 6) is 1.85. The maximum atomic E-state index is 12.2. The van der Waals surface area contributed by atoms with E-state index in [0.717, 1.165) is 64.6 Å². The lowest BCUT2D eigenvalue weighted by Gasteiger charge is -2.34. The highest BCUT2D eigenvalue weighted by molar-refractivity contribution is 7.18. The van der Waals surface area contributed by atoms with Crippen molar-refractivity contribution in [3.05, 3.63) is 67.1 Å². The van der Waals surface area contributed by atoms with Crippen molar-refractivity contribution in [2.45, 2.75) is 0 Å². The Labute approximate surface area is 209 Å². The molecule has 1 aliphatic rings. The third-order valence-electron chi connectivity index (χ3n) is 5.89. The van der Waals surface area contributed by atoms with E-state index in [9.17, 15) is 4.39 Å². The Balaban J connectivity index is 0.000000165. The van der Waals surface area contributed by atoms with E-state index < -0.39 is 0 Å². The fourth-order valence-corrected chi connectivity index (χ4v) is 4.59. The van der Waals surface area contributed by atoms with Gasteiger partial charge in [-0.25, -0.2) is 19.3 Å². The Morgan fingerprint density at radius 2 is 1.89 bits per heavy atom. The van der Waals surface area contributed by atoms with Crippen LogP contribution in [0.1, 0.15) is 5.56 Å². The van der Waals surface area contributed by atoms with Crippen molar-refractivity contribution < 1.29 is 4.39 Å². The molecule has 1 aliphatic heterocycles. The predicted octanol–water partition coefficient (Wildman–Crippen LogP) is 4.80. The van der Waals surface area contributed by atoms with Crippen LogP contribution in [-0.4, -0.2) is 66.3 Å². The van der Waals surface area contributed by atoms with Crippen LogP contribution in [0.2, 0.25) is 0 Å². The van der Waals surface area contributed by atoms with Crippen LogP contribution in [-0.2, 0) is 0 Å². The van der Waals surface area contributed by atoms with Gasteiger partial charge >= 0.3 is 0 Å². The highest BCUT2D eigenvalue weighted by Crippen LogP contribution is 2.30. The molecule has 4 heterocycles. The van der Waals surface area contributed by atoms with Crippen molar-refractivity contribution in [1.82, 2.24) is 19.9 Å². The minimum atomic E-state index is -0.260. The second-order valence-corrected chi connectivity index (χ2v) is 9.18. The van der Waals surface area contributed by atoms with Crippen LogP contribution in [0.3, 0.4) is 0 Å². The molecule has 182 valence electrons. The number of fused-ring (bicyclic) bond motifs is 1. The quantitative estimate of drug-likeness (QED) is 0.401. The van der Waals surface area contributed by atoms with Crippen LogP contribution in [0, 0.1) is 0 Å². The average molecular weight is 492 g/mol. The number of thiazole rings is 1. The molecule has 1 fully saturated rings. The molecule has 5 rings (SSSR count). The average Bonchev–Trinajstić information content (AvgIpc) is 3.35. The number of nitrogens with zero attached hydrogens (tertiary/aromatic N) is 5. The van der Waals surface area contributed by atoms with Crippen molar-refractivity contribution in [2.75, 3.05) is 62.4 Å². The largest absolute Gasteiger partial charge is 0.375 e. The maximum absolute atomic E-state index is 12.2. The SMILES string of the molecule is C=Cc1ccnc(N2CCN(CCF)CC2)c1.CNc1cc2cc(-c3cnc(N)s3)ccc2cn1. The minimum absolute atomic E-state index is 0.260. The number of rotatable bonds is 6. The third kappa shape index (κ3) is 6.32. The van der Waals surface area contributed by atoms with Gasteiger partial charge in [0.15, 0.2) is 5.13 Å². The van der Waals surface area contributed by atoms with E-state index in [0.29, 0.717) is 11.7 Å². The first-order valence-corrected chi connectivity index (χ1v) is 12.3. The number of hydrogen-bond donors (Lipinski definition) is 2. The van der Waals surface area contributed by atoms with Crippen molar-refractivity contribution >= 4 is 45.0 Å². The number of anilines is 3. The first kappa shape index (κ1) is 24.6. The number of nitrogen functional groups attached to an aromatic ring is 1. The van der Waals surface area contributed by atoms with Gasteiger partial charge in [-0.05, 0) is 40.8 Å². The number of piperazine rings is 1. The number of pyridine rings is 2. The normalized spacial score (nSPS) is 13.8. The van der Waals surface area contributed by atoms with Crippen molar-refractivity contribution in [1.29, 1.82) is 0 Å². The van der Waals surface area contributed by atoms with Gasteiger partial charge in [-0.1, -0.05) is 36.1 Å². The van der Waals surface area contributed by atoms with E-state index in [2.05, 4.69) is 54.8 Å². The Bertz CT molecular complexity index is 1270. The molecule has 0 atom stereocenters. The second kappa shape index (κ2) is 11.7. The Morgan fingerprint density at radius 3 is 2.57 bits per heavy atom. The first-order chi connectivity index (χ1) is 17.1. The van der Waals surface area contributed by atoms with E-state index in [-0.39, 0.29) is 6.67 Å². The van der Waals surface area contributed by atoms with Crippen molar-refractivity contribution in [2.24, 2.45) is 0 Å². The molecule has 0 unspecified atom stereocenters. The molecule has 0 aliphatic carbocycles. The lowest BCUT2D eigenvalue weighted by molar-refractivity contribution is 0.235. The van der Waals surface area contributed by atoms with Crippen LogP contribution >= 0.6 is 11.3 Å². The summed E-state index contributed by atoms with van der Waals surface area (Å²) in [7, 11) is 1.86. The van der Waals surface area contributed by atoms with E-state index >= 15 is 0 Å². The number of halogens is 1. The topological polar surface area (TPSA) is 83.2 Å². The lowest BCUT2D eigenvalue weighted by Crippen LogP contribution is -2.47. The molecule has 0 bridgehead atoms. The number of alkyl halides is 1. The molecular weight excluding hydrogens is 461 g/mol. The summed E-state index contributed by atoms with van der Waals surface area (Å²) in [5.41, 5.74) is 7.88. The van der Waals surface area contributed by atoms with Gasteiger partial charge in [0, 0.05) is 63.7 Å². The number of hydrogen-bond acceptors (Lipinski definition) is 8. The van der Waals surface area contributed by atoms with Gasteiger partial charge in [0.2, 0.25) is 0 Å². The zero-order valence-electron chi connectivity index (χ0n) is 19.8. The fraction of sp³-hybridized carbons (Fsp3) is 0.269. The number of nitrogens with two attached hydrogens (primary N) is 1. The molecule has 3 N–H and O–H groups in total. The zero-order valence-corrected chi connectivity index (χ0v) is 20.6. The van der Waals surface area contributed by atoms with Crippen molar-refractivity contribution in [3.8, 4) is 10.4 Å². The Morgan fingerprint density at radius 1 is 1.06 bits per heavy atom. The van der Waals surface area contributed by atoms with Gasteiger partial charge in [0.1, 0.15) is 18.3 Å². The van der Waals surface area contributed by atoms with Crippen LogP contribution in [0.4, 0.5) is 21.2 Å². The predicted molar refractivity (Wildman–Crippen MR) is 146 cm³/mol. The maximum Gasteiger partial charge on any atom is 0.180 e. The third-order valence-corrected chi connectivity index (χ3v) is 6.76. The fourth-order valence-electron chi connectivity index (χ4n) is 3.91. The van der Waals surface area contributed by atoms with Crippen LogP contribution in [0.5, 0.6) is 0 Å². The van der Waals surface area contributed by atoms with E-state index in [4.69, 9.17) is 5.73 Å². The van der Waals surface area contributed by atoms with Gasteiger partial charge in [-0.2, -0.15) is 0 Å². The lowest BCUT2D eigenvalue weighted by atomic mass is 10.1. The van der Waals surface area contributed by atoms with Gasteiger partial charge < -0.3 is 16.0 Å². The molecule has 4 aromatic rings.